The zero-order chi connectivity index (χ0) is 15.6. The Kier molecular flexibility index (Phi) is 4.44. The van der Waals surface area contributed by atoms with Gasteiger partial charge in [0, 0.05) is 13.5 Å². The molecule has 1 aromatic heterocycles. The van der Waals surface area contributed by atoms with Gasteiger partial charge >= 0.3 is 0 Å². The highest BCUT2D eigenvalue weighted by Crippen LogP contribution is 2.36. The van der Waals surface area contributed by atoms with Crippen LogP contribution in [0.4, 0.5) is 0 Å². The van der Waals surface area contributed by atoms with Crippen LogP contribution in [-0.4, -0.2) is 34.8 Å². The van der Waals surface area contributed by atoms with Crippen LogP contribution in [0.25, 0.3) is 0 Å². The summed E-state index contributed by atoms with van der Waals surface area (Å²) in [5, 5.41) is 7.22. The van der Waals surface area contributed by atoms with Gasteiger partial charge in [0.2, 0.25) is 11.8 Å². The normalized spacial score (nSPS) is 27.7. The van der Waals surface area contributed by atoms with Crippen LogP contribution >= 0.6 is 0 Å². The Hall–Kier alpha value is -1.47. The van der Waals surface area contributed by atoms with Crippen molar-refractivity contribution in [3.05, 3.63) is 11.7 Å². The highest BCUT2D eigenvalue weighted by molar-refractivity contribution is 5.81. The molecule has 122 valence electrons. The molecule has 22 heavy (non-hydrogen) atoms. The van der Waals surface area contributed by atoms with E-state index >= 15 is 0 Å². The monoisotopic (exact) mass is 308 g/mol. The first-order chi connectivity index (χ1) is 10.6. The molecule has 7 nitrogen and oxygen atoms in total. The molecule has 3 rings (SSSR count). The van der Waals surface area contributed by atoms with E-state index in [1.54, 1.807) is 6.92 Å². The SMILES string of the molecule is Cc1nc(C2(NC(=O)[C@@H]3CC[C@H](CN)O3)CCCCC2)no1. The van der Waals surface area contributed by atoms with Crippen molar-refractivity contribution < 1.29 is 14.1 Å². The van der Waals surface area contributed by atoms with Crippen molar-refractivity contribution in [3.8, 4) is 0 Å². The van der Waals surface area contributed by atoms with E-state index < -0.39 is 11.6 Å². The van der Waals surface area contributed by atoms with Crippen LogP contribution in [0.5, 0.6) is 0 Å². The van der Waals surface area contributed by atoms with Crippen molar-refractivity contribution in [2.45, 2.75) is 69.6 Å². The molecule has 2 atom stereocenters. The molecule has 0 bridgehead atoms. The molecule has 1 aliphatic heterocycles. The number of aryl methyl sites for hydroxylation is 1. The minimum Gasteiger partial charge on any atom is -0.364 e. The lowest BCUT2D eigenvalue weighted by atomic mass is 9.80. The number of nitrogens with zero attached hydrogens (tertiary/aromatic N) is 2. The molecular weight excluding hydrogens is 284 g/mol. The molecule has 0 unspecified atom stereocenters. The lowest BCUT2D eigenvalue weighted by Gasteiger charge is -2.36. The van der Waals surface area contributed by atoms with Gasteiger partial charge in [0.15, 0.2) is 5.82 Å². The summed E-state index contributed by atoms with van der Waals surface area (Å²) in [5.74, 6) is 1.03. The van der Waals surface area contributed by atoms with Gasteiger partial charge in [0.05, 0.1) is 6.10 Å². The van der Waals surface area contributed by atoms with Crippen LogP contribution in [0.3, 0.4) is 0 Å². The molecule has 1 saturated carbocycles. The summed E-state index contributed by atoms with van der Waals surface area (Å²) in [4.78, 5) is 17.0. The standard InChI is InChI=1S/C15H24N4O3/c1-10-17-14(19-22-10)15(7-3-2-4-8-15)18-13(20)12-6-5-11(9-16)21-12/h11-12H,2-9,16H2,1H3,(H,18,20)/t11-,12+/m1/s1. The third-order valence-electron chi connectivity index (χ3n) is 4.69. The molecule has 2 aliphatic rings. The zero-order valence-corrected chi connectivity index (χ0v) is 13.0. The Morgan fingerprint density at radius 3 is 2.73 bits per heavy atom. The number of carbonyl (C=O) groups excluding carboxylic acids is 1. The predicted molar refractivity (Wildman–Crippen MR) is 78.9 cm³/mol. The highest BCUT2D eigenvalue weighted by atomic mass is 16.5. The molecule has 0 aromatic carbocycles. The van der Waals surface area contributed by atoms with Gasteiger partial charge < -0.3 is 20.3 Å². The Morgan fingerprint density at radius 2 is 2.14 bits per heavy atom. The highest BCUT2D eigenvalue weighted by Gasteiger charge is 2.42. The summed E-state index contributed by atoms with van der Waals surface area (Å²) in [6.45, 7) is 2.22. The first-order valence-electron chi connectivity index (χ1n) is 8.11. The molecule has 3 N–H and O–H groups in total. The second-order valence-electron chi connectivity index (χ2n) is 6.33. The maximum absolute atomic E-state index is 12.6. The second kappa shape index (κ2) is 6.34. The number of amides is 1. The Labute approximate surface area is 130 Å². The number of rotatable bonds is 4. The number of ether oxygens (including phenoxy) is 1. The largest absolute Gasteiger partial charge is 0.364 e. The topological polar surface area (TPSA) is 103 Å². The van der Waals surface area contributed by atoms with Crippen molar-refractivity contribution in [1.82, 2.24) is 15.5 Å². The van der Waals surface area contributed by atoms with Crippen LogP contribution in [0.15, 0.2) is 4.52 Å². The van der Waals surface area contributed by atoms with E-state index in [4.69, 9.17) is 15.0 Å². The lowest BCUT2D eigenvalue weighted by Crippen LogP contribution is -2.51. The van der Waals surface area contributed by atoms with Crippen LogP contribution in [-0.2, 0) is 15.1 Å². The molecular formula is C15H24N4O3. The minimum atomic E-state index is -0.517. The molecule has 1 aromatic rings. The maximum atomic E-state index is 12.6. The van der Waals surface area contributed by atoms with E-state index in [0.717, 1.165) is 38.5 Å². The van der Waals surface area contributed by atoms with Gasteiger partial charge in [-0.2, -0.15) is 4.98 Å². The summed E-state index contributed by atoms with van der Waals surface area (Å²) in [6, 6.07) is 0. The molecule has 1 amide bonds. The predicted octanol–water partition coefficient (Wildman–Crippen LogP) is 1.16. The van der Waals surface area contributed by atoms with E-state index in [0.29, 0.717) is 18.3 Å². The van der Waals surface area contributed by atoms with E-state index in [-0.39, 0.29) is 12.0 Å². The van der Waals surface area contributed by atoms with Crippen molar-refractivity contribution in [1.29, 1.82) is 0 Å². The van der Waals surface area contributed by atoms with Gasteiger partial charge in [-0.15, -0.1) is 0 Å². The first-order valence-corrected chi connectivity index (χ1v) is 8.11. The third kappa shape index (κ3) is 3.01. The quantitative estimate of drug-likeness (QED) is 0.865. The van der Waals surface area contributed by atoms with E-state index in [9.17, 15) is 4.79 Å². The molecule has 0 radical (unpaired) electrons. The van der Waals surface area contributed by atoms with Gasteiger partial charge in [-0.3, -0.25) is 4.79 Å². The first kappa shape index (κ1) is 15.4. The fourth-order valence-electron chi connectivity index (χ4n) is 3.44. The number of nitrogens with two attached hydrogens (primary N) is 1. The van der Waals surface area contributed by atoms with Crippen molar-refractivity contribution >= 4 is 5.91 Å². The molecule has 7 heteroatoms. The van der Waals surface area contributed by atoms with Gasteiger partial charge in [-0.05, 0) is 25.7 Å². The summed E-state index contributed by atoms with van der Waals surface area (Å²) in [5.41, 5.74) is 5.09. The van der Waals surface area contributed by atoms with Crippen LogP contribution < -0.4 is 11.1 Å². The van der Waals surface area contributed by atoms with Gasteiger partial charge in [-0.25, -0.2) is 0 Å². The molecule has 1 aliphatic carbocycles. The lowest BCUT2D eigenvalue weighted by molar-refractivity contribution is -0.134. The van der Waals surface area contributed by atoms with E-state index in [1.807, 2.05) is 0 Å². The number of nitrogens with one attached hydrogen (secondary N) is 1. The maximum Gasteiger partial charge on any atom is 0.249 e. The van der Waals surface area contributed by atoms with Gasteiger partial charge in [-0.1, -0.05) is 24.4 Å². The Bertz CT molecular complexity index is 525. The summed E-state index contributed by atoms with van der Waals surface area (Å²) >= 11 is 0. The average molecular weight is 308 g/mol. The average Bonchev–Trinajstić information content (AvgIpc) is 3.17. The fraction of sp³-hybridized carbons (Fsp3) is 0.800. The van der Waals surface area contributed by atoms with Crippen LogP contribution in [0.2, 0.25) is 0 Å². The number of hydrogen-bond acceptors (Lipinski definition) is 6. The summed E-state index contributed by atoms with van der Waals surface area (Å²) in [6.07, 6.45) is 6.07. The van der Waals surface area contributed by atoms with Crippen molar-refractivity contribution in [2.75, 3.05) is 6.54 Å². The van der Waals surface area contributed by atoms with E-state index in [1.165, 1.54) is 6.42 Å². The van der Waals surface area contributed by atoms with Gasteiger partial charge in [0.1, 0.15) is 11.6 Å². The molecule has 2 heterocycles. The van der Waals surface area contributed by atoms with Crippen molar-refractivity contribution in [3.63, 3.8) is 0 Å². The Morgan fingerprint density at radius 1 is 1.36 bits per heavy atom. The number of aromatic nitrogens is 2. The second-order valence-corrected chi connectivity index (χ2v) is 6.33. The summed E-state index contributed by atoms with van der Waals surface area (Å²) in [7, 11) is 0. The van der Waals surface area contributed by atoms with Gasteiger partial charge in [0.25, 0.3) is 0 Å². The fourth-order valence-corrected chi connectivity index (χ4v) is 3.44. The van der Waals surface area contributed by atoms with Crippen LogP contribution in [0.1, 0.15) is 56.7 Å². The minimum absolute atomic E-state index is 0.00882. The Balaban J connectivity index is 1.74. The molecule has 1 saturated heterocycles. The number of hydrogen-bond donors (Lipinski definition) is 2. The smallest absolute Gasteiger partial charge is 0.249 e. The van der Waals surface area contributed by atoms with Crippen molar-refractivity contribution in [2.24, 2.45) is 5.73 Å². The molecule has 2 fully saturated rings. The third-order valence-corrected chi connectivity index (χ3v) is 4.69. The number of carbonyl (C=O) groups is 1. The zero-order valence-electron chi connectivity index (χ0n) is 13.0. The molecule has 0 spiro atoms. The van der Waals surface area contributed by atoms with Crippen LogP contribution in [0, 0.1) is 6.92 Å². The van der Waals surface area contributed by atoms with E-state index in [2.05, 4.69) is 15.5 Å². The summed E-state index contributed by atoms with van der Waals surface area (Å²) < 4.78 is 10.8.